The minimum atomic E-state index is 0.0324. The fourth-order valence-corrected chi connectivity index (χ4v) is 12.4. The van der Waals surface area contributed by atoms with Crippen molar-refractivity contribution in [3.63, 3.8) is 0 Å². The zero-order valence-electron chi connectivity index (χ0n) is 71.4. The van der Waals surface area contributed by atoms with Crippen LogP contribution in [0.25, 0.3) is 0 Å². The van der Waals surface area contributed by atoms with E-state index < -0.39 is 0 Å². The number of benzene rings is 4. The molecule has 0 amide bonds. The van der Waals surface area contributed by atoms with Crippen LogP contribution in [0.1, 0.15) is 304 Å². The molecule has 8 nitrogen and oxygen atoms in total. The smallest absolute Gasteiger partial charge is 0.119 e. The van der Waals surface area contributed by atoms with Crippen LogP contribution in [0.2, 0.25) is 0 Å². The van der Waals surface area contributed by atoms with Crippen LogP contribution in [-0.2, 0) is 81.5 Å². The van der Waals surface area contributed by atoms with Gasteiger partial charge in [0.15, 0.2) is 0 Å². The average Bonchev–Trinajstić information content (AvgIpc) is 0.845. The van der Waals surface area contributed by atoms with Crippen LogP contribution in [0.4, 0.5) is 0 Å². The molecule has 8 heteroatoms. The Balaban J connectivity index is 0.000000627. The Kier molecular flexibility index (Phi) is 68.1. The lowest BCUT2D eigenvalue weighted by atomic mass is 9.87. The van der Waals surface area contributed by atoms with Crippen molar-refractivity contribution in [2.75, 3.05) is 60.0 Å². The summed E-state index contributed by atoms with van der Waals surface area (Å²) < 4.78 is 44.4. The second kappa shape index (κ2) is 73.5. The van der Waals surface area contributed by atoms with Crippen molar-refractivity contribution in [2.45, 2.75) is 336 Å². The summed E-state index contributed by atoms with van der Waals surface area (Å²) in [6.45, 7) is 51.7. The van der Waals surface area contributed by atoms with Crippen molar-refractivity contribution in [1.82, 2.24) is 0 Å². The summed E-state index contributed by atoms with van der Waals surface area (Å²) in [5.74, 6) is 3.14. The van der Waals surface area contributed by atoms with Crippen LogP contribution in [0, 0.1) is 0 Å². The van der Waals surface area contributed by atoms with Crippen LogP contribution in [0.15, 0.2) is 174 Å². The molecule has 614 valence electrons. The van der Waals surface area contributed by atoms with Crippen LogP contribution >= 0.6 is 0 Å². The summed E-state index contributed by atoms with van der Waals surface area (Å²) in [4.78, 5) is 0. The molecular formula is C101H162O8. The van der Waals surface area contributed by atoms with Gasteiger partial charge in [-0.05, 0) is 221 Å². The van der Waals surface area contributed by atoms with E-state index in [2.05, 4.69) is 174 Å². The topological polar surface area (TPSA) is 73.8 Å². The van der Waals surface area contributed by atoms with Gasteiger partial charge in [0.05, 0.1) is 44.2 Å². The lowest BCUT2D eigenvalue weighted by Gasteiger charge is -2.19. The van der Waals surface area contributed by atoms with E-state index in [0.29, 0.717) is 12.2 Å². The van der Waals surface area contributed by atoms with E-state index in [1.165, 1.54) is 251 Å². The molecule has 0 aliphatic heterocycles. The van der Waals surface area contributed by atoms with E-state index in [0.717, 1.165) is 121 Å². The minimum absolute atomic E-state index is 0.0324. The fraction of sp³-hybridized carbons (Fsp3) is 0.604. The molecule has 0 aromatic heterocycles. The number of hydrogen-bond acceptors (Lipinski definition) is 8. The highest BCUT2D eigenvalue weighted by Crippen LogP contribution is 2.30. The molecule has 0 spiro atoms. The zero-order chi connectivity index (χ0) is 79.7. The van der Waals surface area contributed by atoms with Crippen molar-refractivity contribution in [3.05, 3.63) is 224 Å². The quantitative estimate of drug-likeness (QED) is 0.0320. The first-order valence-electron chi connectivity index (χ1n) is 43.7. The van der Waals surface area contributed by atoms with E-state index in [4.69, 9.17) is 37.9 Å². The van der Waals surface area contributed by atoms with E-state index in [1.807, 2.05) is 24.3 Å². The maximum atomic E-state index is 5.81. The molecule has 4 aromatic carbocycles. The lowest BCUT2D eigenvalue weighted by Crippen LogP contribution is -2.11. The maximum absolute atomic E-state index is 5.81. The van der Waals surface area contributed by atoms with Gasteiger partial charge in [-0.15, -0.1) is 52.6 Å². The molecule has 4 aliphatic rings. The predicted octanol–water partition coefficient (Wildman–Crippen LogP) is 28.1. The van der Waals surface area contributed by atoms with E-state index in [9.17, 15) is 0 Å². The molecule has 0 unspecified atom stereocenters. The fourth-order valence-electron chi connectivity index (χ4n) is 12.4. The third-order valence-electron chi connectivity index (χ3n) is 19.7. The van der Waals surface area contributed by atoms with Crippen molar-refractivity contribution in [3.8, 4) is 17.2 Å². The Morgan fingerprint density at radius 1 is 0.275 bits per heavy atom. The number of unbranched alkanes of at least 4 members (excludes halogenated alkanes) is 20. The lowest BCUT2D eigenvalue weighted by molar-refractivity contribution is 0.0546. The number of methoxy groups -OCH3 is 1. The first-order valence-corrected chi connectivity index (χ1v) is 43.7. The van der Waals surface area contributed by atoms with Gasteiger partial charge in [-0.3, -0.25) is 0 Å². The van der Waals surface area contributed by atoms with Gasteiger partial charge in [0, 0.05) is 40.1 Å². The Labute approximate surface area is 671 Å². The zero-order valence-corrected chi connectivity index (χ0v) is 71.4. The van der Waals surface area contributed by atoms with E-state index in [1.54, 1.807) is 42.5 Å². The molecule has 0 atom stereocenters. The number of aryl methyl sites for hydroxylation is 9. The minimum Gasteiger partial charge on any atom is -0.494 e. The normalized spacial score (nSPS) is 11.9. The molecule has 4 aromatic rings. The first kappa shape index (κ1) is 101. The van der Waals surface area contributed by atoms with Crippen LogP contribution in [0.5, 0.6) is 17.2 Å². The standard InChI is InChI=1S/C16H30O.C15H22O.C14H20O.C13H18O2.2C12H22O.C11H14.C8H14O/c1-4-7-8-9-10-11-12-15-17-16(13-5-2)14-6-3;1-2-3-4-5-6-11-16-15-10-9-13-7-8-14(13)12-15;1-2-3-4-5-10-15-14-9-8-12-6-7-13(12)11-14;1-14-8-2-3-9-15-13-7-6-11-4-5-12(11)10-13;1-4-7-8-9-10-11-13-12(5-2)6-3;1-4-7-8-11-13-12(9-5-2)10-6-3;1-2-3-9-4-5-10-6-7-11(10)8-9;1-4-7-9-8(5-2)6-3/h5-6,16H,2-4,7-15H2,1H3;9-10,12H,2-8,11H2,1H3;8-9,11H,2-7,10H2,1H3;6-7,10H,2-5,8-9H2,1H3;2*5-6,12H,2-4,7-11H2,1H3;4-5,8H,2-3,6-7H2,1H3;5-6,8H,2-4,7H2,1H3. The SMILES string of the molecule is C=CC(C=C)OCCC.C=CC(C=C)OCCCCCCC.C=CCC(CC=C)OCCCCC.C=CCC(CC=C)OCCCCCCCCC.CCCCCCCOc1ccc2c(c1)CC2.CCCCCCOc1ccc2c(c1)CC2.CCCc1ccc2c(c1)CC2.COCCCCOc1ccc2c(c1)CC2. The molecule has 4 aliphatic carbocycles. The van der Waals surface area contributed by atoms with Gasteiger partial charge in [0.2, 0.25) is 0 Å². The highest BCUT2D eigenvalue weighted by molar-refractivity contribution is 5.43. The molecule has 0 heterocycles. The van der Waals surface area contributed by atoms with Crippen molar-refractivity contribution < 1.29 is 37.9 Å². The molecule has 0 saturated carbocycles. The Morgan fingerprint density at radius 3 is 0.853 bits per heavy atom. The van der Waals surface area contributed by atoms with Crippen LogP contribution in [0.3, 0.4) is 0 Å². The van der Waals surface area contributed by atoms with Crippen molar-refractivity contribution >= 4 is 0 Å². The Morgan fingerprint density at radius 2 is 0.550 bits per heavy atom. The Bertz CT molecular complexity index is 2760. The summed E-state index contributed by atoms with van der Waals surface area (Å²) in [6, 6.07) is 26.5. The van der Waals surface area contributed by atoms with Gasteiger partial charge in [-0.25, -0.2) is 0 Å². The second-order valence-corrected chi connectivity index (χ2v) is 29.3. The molecule has 0 radical (unpaired) electrons. The van der Waals surface area contributed by atoms with Crippen molar-refractivity contribution in [1.29, 1.82) is 0 Å². The van der Waals surface area contributed by atoms with Crippen molar-refractivity contribution in [2.24, 2.45) is 0 Å². The number of ether oxygens (including phenoxy) is 8. The molecule has 0 N–H and O–H groups in total. The van der Waals surface area contributed by atoms with Crippen LogP contribution in [-0.4, -0.2) is 84.4 Å². The largest absolute Gasteiger partial charge is 0.494 e. The molecule has 8 rings (SSSR count). The summed E-state index contributed by atoms with van der Waals surface area (Å²) in [5, 5.41) is 0. The number of hydrogen-bond donors (Lipinski definition) is 0. The van der Waals surface area contributed by atoms with E-state index in [-0.39, 0.29) is 12.2 Å². The summed E-state index contributed by atoms with van der Waals surface area (Å²) >= 11 is 0. The molecule has 0 bridgehead atoms. The third kappa shape index (κ3) is 52.8. The molecular weight excluding hydrogens is 1340 g/mol. The van der Waals surface area contributed by atoms with Gasteiger partial charge >= 0.3 is 0 Å². The third-order valence-corrected chi connectivity index (χ3v) is 19.7. The van der Waals surface area contributed by atoms with E-state index >= 15 is 0 Å². The van der Waals surface area contributed by atoms with Gasteiger partial charge < -0.3 is 37.9 Å². The maximum Gasteiger partial charge on any atom is 0.119 e. The average molecular weight is 1500 g/mol. The van der Waals surface area contributed by atoms with Gasteiger partial charge in [0.1, 0.15) is 17.2 Å². The molecule has 109 heavy (non-hydrogen) atoms. The number of rotatable bonds is 57. The first-order chi connectivity index (χ1) is 53.5. The number of fused-ring (bicyclic) bond motifs is 4. The highest BCUT2D eigenvalue weighted by Gasteiger charge is 2.16. The molecule has 0 saturated heterocycles. The van der Waals surface area contributed by atoms with Crippen LogP contribution < -0.4 is 14.2 Å². The summed E-state index contributed by atoms with van der Waals surface area (Å²) in [5.41, 5.74) is 13.6. The van der Waals surface area contributed by atoms with Gasteiger partial charge in [0.25, 0.3) is 0 Å². The second-order valence-electron chi connectivity index (χ2n) is 29.3. The molecule has 0 fully saturated rings. The highest BCUT2D eigenvalue weighted by atomic mass is 16.5. The monoisotopic (exact) mass is 1500 g/mol. The predicted molar refractivity (Wildman–Crippen MR) is 475 cm³/mol. The Hall–Kier alpha value is -6.00. The summed E-state index contributed by atoms with van der Waals surface area (Å²) in [6.07, 6.45) is 65.9. The van der Waals surface area contributed by atoms with Gasteiger partial charge in [-0.2, -0.15) is 0 Å². The van der Waals surface area contributed by atoms with Gasteiger partial charge in [-0.1, -0.05) is 262 Å². The summed E-state index contributed by atoms with van der Waals surface area (Å²) in [7, 11) is 1.73.